The minimum absolute atomic E-state index is 0.321. The number of aliphatic hydroxyl groups excluding tert-OH is 1. The fourth-order valence-electron chi connectivity index (χ4n) is 1.66. The lowest BCUT2D eigenvalue weighted by Crippen LogP contribution is -2.33. The summed E-state index contributed by atoms with van der Waals surface area (Å²) in [6, 6.07) is 0.585. The van der Waals surface area contributed by atoms with Crippen molar-refractivity contribution < 1.29 is 5.11 Å². The van der Waals surface area contributed by atoms with Crippen LogP contribution in [0.25, 0.3) is 0 Å². The quantitative estimate of drug-likeness (QED) is 0.630. The van der Waals surface area contributed by atoms with Gasteiger partial charge in [-0.2, -0.15) is 0 Å². The maximum atomic E-state index is 8.91. The van der Waals surface area contributed by atoms with Crippen LogP contribution in [0.1, 0.15) is 46.0 Å². The third-order valence-electron chi connectivity index (χ3n) is 2.57. The molecule has 0 radical (unpaired) electrons. The van der Waals surface area contributed by atoms with Crippen molar-refractivity contribution in [1.29, 1.82) is 0 Å². The molecular weight excluding hydrogens is 162 g/mol. The van der Waals surface area contributed by atoms with Crippen LogP contribution in [0, 0.1) is 0 Å². The maximum absolute atomic E-state index is 8.91. The van der Waals surface area contributed by atoms with Crippen molar-refractivity contribution in [3.63, 3.8) is 0 Å². The Balaban J connectivity index is 3.72. The lowest BCUT2D eigenvalue weighted by atomic mass is 10.1. The predicted molar refractivity (Wildman–Crippen MR) is 57.9 cm³/mol. The molecule has 0 amide bonds. The topological polar surface area (TPSA) is 23.5 Å². The molecule has 0 fully saturated rings. The Morgan fingerprint density at radius 1 is 1.15 bits per heavy atom. The van der Waals surface area contributed by atoms with Crippen molar-refractivity contribution in [2.24, 2.45) is 0 Å². The highest BCUT2D eigenvalue weighted by Gasteiger charge is 2.11. The van der Waals surface area contributed by atoms with Crippen molar-refractivity contribution >= 4 is 0 Å². The van der Waals surface area contributed by atoms with E-state index in [9.17, 15) is 0 Å². The number of aliphatic hydroxyl groups is 1. The molecule has 0 bridgehead atoms. The monoisotopic (exact) mass is 187 g/mol. The van der Waals surface area contributed by atoms with E-state index in [2.05, 4.69) is 25.8 Å². The molecule has 13 heavy (non-hydrogen) atoms. The Kier molecular flexibility index (Phi) is 8.46. The molecule has 0 aromatic rings. The summed E-state index contributed by atoms with van der Waals surface area (Å²) in [4.78, 5) is 2.39. The average Bonchev–Trinajstić information content (AvgIpc) is 2.14. The first kappa shape index (κ1) is 12.9. The van der Waals surface area contributed by atoms with Crippen LogP contribution in [0.5, 0.6) is 0 Å². The van der Waals surface area contributed by atoms with Gasteiger partial charge in [0, 0.05) is 12.6 Å². The van der Waals surface area contributed by atoms with E-state index in [0.717, 1.165) is 6.42 Å². The van der Waals surface area contributed by atoms with E-state index in [1.807, 2.05) is 0 Å². The predicted octanol–water partition coefficient (Wildman–Crippen LogP) is 2.27. The van der Waals surface area contributed by atoms with Crippen LogP contribution in [0.3, 0.4) is 0 Å². The SMILES string of the molecule is CCCCN(C)C(CCC)CCO. The highest BCUT2D eigenvalue weighted by atomic mass is 16.3. The standard InChI is InChI=1S/C11H25NO/c1-4-6-9-12(3)11(7-5-2)8-10-13/h11,13H,4-10H2,1-3H3. The zero-order valence-electron chi connectivity index (χ0n) is 9.42. The van der Waals surface area contributed by atoms with Crippen molar-refractivity contribution in [2.75, 3.05) is 20.2 Å². The van der Waals surface area contributed by atoms with E-state index < -0.39 is 0 Å². The molecule has 0 rings (SSSR count). The average molecular weight is 187 g/mol. The van der Waals surface area contributed by atoms with E-state index in [0.29, 0.717) is 12.6 Å². The summed E-state index contributed by atoms with van der Waals surface area (Å²) in [5, 5.41) is 8.91. The first-order valence-electron chi connectivity index (χ1n) is 5.57. The molecule has 80 valence electrons. The first-order valence-corrected chi connectivity index (χ1v) is 5.57. The zero-order valence-corrected chi connectivity index (χ0v) is 9.42. The number of nitrogens with zero attached hydrogens (tertiary/aromatic N) is 1. The van der Waals surface area contributed by atoms with E-state index in [-0.39, 0.29) is 0 Å². The van der Waals surface area contributed by atoms with Gasteiger partial charge in [-0.05, 0) is 32.9 Å². The van der Waals surface area contributed by atoms with Gasteiger partial charge >= 0.3 is 0 Å². The van der Waals surface area contributed by atoms with Crippen LogP contribution in [0.15, 0.2) is 0 Å². The molecule has 0 aliphatic heterocycles. The van der Waals surface area contributed by atoms with Crippen molar-refractivity contribution in [1.82, 2.24) is 4.90 Å². The van der Waals surface area contributed by atoms with Gasteiger partial charge in [-0.3, -0.25) is 0 Å². The van der Waals surface area contributed by atoms with E-state index in [1.165, 1.54) is 32.2 Å². The molecule has 1 unspecified atom stereocenters. The van der Waals surface area contributed by atoms with E-state index in [1.54, 1.807) is 0 Å². The Bertz CT molecular complexity index is 100. The van der Waals surface area contributed by atoms with E-state index >= 15 is 0 Å². The third-order valence-corrected chi connectivity index (χ3v) is 2.57. The summed E-state index contributed by atoms with van der Waals surface area (Å²) >= 11 is 0. The molecular formula is C11H25NO. The Hall–Kier alpha value is -0.0800. The minimum atomic E-state index is 0.321. The summed E-state index contributed by atoms with van der Waals surface area (Å²) in [6.07, 6.45) is 5.86. The van der Waals surface area contributed by atoms with Gasteiger partial charge in [0.05, 0.1) is 0 Å². The number of unbranched alkanes of at least 4 members (excludes halogenated alkanes) is 1. The van der Waals surface area contributed by atoms with Gasteiger partial charge < -0.3 is 10.0 Å². The van der Waals surface area contributed by atoms with Crippen LogP contribution in [-0.2, 0) is 0 Å². The molecule has 0 saturated carbocycles. The lowest BCUT2D eigenvalue weighted by molar-refractivity contribution is 0.174. The molecule has 0 aromatic carbocycles. The highest BCUT2D eigenvalue weighted by molar-refractivity contribution is 4.67. The van der Waals surface area contributed by atoms with Crippen LogP contribution in [-0.4, -0.2) is 36.2 Å². The third kappa shape index (κ3) is 6.05. The zero-order chi connectivity index (χ0) is 10.1. The summed E-state index contributed by atoms with van der Waals surface area (Å²) in [5.41, 5.74) is 0. The van der Waals surface area contributed by atoms with Crippen LogP contribution < -0.4 is 0 Å². The normalized spacial score (nSPS) is 13.6. The minimum Gasteiger partial charge on any atom is -0.396 e. The second-order valence-electron chi connectivity index (χ2n) is 3.79. The number of rotatable bonds is 8. The molecule has 2 heteroatoms. The van der Waals surface area contributed by atoms with Gasteiger partial charge in [-0.15, -0.1) is 0 Å². The molecule has 0 spiro atoms. The molecule has 2 nitrogen and oxygen atoms in total. The lowest BCUT2D eigenvalue weighted by Gasteiger charge is -2.27. The molecule has 0 aliphatic rings. The molecule has 1 atom stereocenters. The maximum Gasteiger partial charge on any atom is 0.0445 e. The number of hydrogen-bond donors (Lipinski definition) is 1. The Labute approximate surface area is 82.9 Å². The Morgan fingerprint density at radius 2 is 1.85 bits per heavy atom. The largest absolute Gasteiger partial charge is 0.396 e. The summed E-state index contributed by atoms with van der Waals surface area (Å²) in [6.45, 7) is 5.91. The van der Waals surface area contributed by atoms with Gasteiger partial charge in [0.15, 0.2) is 0 Å². The number of hydrogen-bond acceptors (Lipinski definition) is 2. The van der Waals surface area contributed by atoms with Crippen LogP contribution in [0.2, 0.25) is 0 Å². The summed E-state index contributed by atoms with van der Waals surface area (Å²) in [5.74, 6) is 0. The Morgan fingerprint density at radius 3 is 2.31 bits per heavy atom. The van der Waals surface area contributed by atoms with Crippen molar-refractivity contribution in [3.05, 3.63) is 0 Å². The van der Waals surface area contributed by atoms with Crippen molar-refractivity contribution in [3.8, 4) is 0 Å². The highest BCUT2D eigenvalue weighted by Crippen LogP contribution is 2.09. The molecule has 0 heterocycles. The van der Waals surface area contributed by atoms with Crippen molar-refractivity contribution in [2.45, 2.75) is 52.0 Å². The first-order chi connectivity index (χ1) is 6.26. The van der Waals surface area contributed by atoms with E-state index in [4.69, 9.17) is 5.11 Å². The van der Waals surface area contributed by atoms with Gasteiger partial charge in [0.1, 0.15) is 0 Å². The molecule has 0 aliphatic carbocycles. The van der Waals surface area contributed by atoms with Crippen LogP contribution >= 0.6 is 0 Å². The fraction of sp³-hybridized carbons (Fsp3) is 1.00. The summed E-state index contributed by atoms with van der Waals surface area (Å²) in [7, 11) is 2.17. The second-order valence-corrected chi connectivity index (χ2v) is 3.79. The molecule has 1 N–H and O–H groups in total. The van der Waals surface area contributed by atoms with Crippen LogP contribution in [0.4, 0.5) is 0 Å². The van der Waals surface area contributed by atoms with Gasteiger partial charge in [0.25, 0.3) is 0 Å². The second kappa shape index (κ2) is 8.52. The molecule has 0 saturated heterocycles. The van der Waals surface area contributed by atoms with Gasteiger partial charge in [0.2, 0.25) is 0 Å². The summed E-state index contributed by atoms with van der Waals surface area (Å²) < 4.78 is 0. The van der Waals surface area contributed by atoms with Gasteiger partial charge in [-0.1, -0.05) is 26.7 Å². The van der Waals surface area contributed by atoms with Gasteiger partial charge in [-0.25, -0.2) is 0 Å². The fourth-order valence-corrected chi connectivity index (χ4v) is 1.66. The smallest absolute Gasteiger partial charge is 0.0445 e. The molecule has 0 aromatic heterocycles.